The summed E-state index contributed by atoms with van der Waals surface area (Å²) in [7, 11) is 0. The minimum Gasteiger partial charge on any atom is -0.310 e. The van der Waals surface area contributed by atoms with Crippen molar-refractivity contribution in [1.82, 2.24) is 4.90 Å². The molecule has 3 nitrogen and oxygen atoms in total. The minimum atomic E-state index is -0.0981. The summed E-state index contributed by atoms with van der Waals surface area (Å²) in [4.78, 5) is 17.1. The van der Waals surface area contributed by atoms with Gasteiger partial charge < -0.3 is 4.90 Å². The van der Waals surface area contributed by atoms with Gasteiger partial charge in [0, 0.05) is 25.3 Å². The second kappa shape index (κ2) is 7.40. The van der Waals surface area contributed by atoms with E-state index in [1.807, 2.05) is 11.8 Å². The molecule has 0 N–H and O–H groups in total. The maximum Gasteiger partial charge on any atom is 0.244 e. The summed E-state index contributed by atoms with van der Waals surface area (Å²) in [6, 6.07) is 16.9. The molecule has 0 saturated carbocycles. The second-order valence-corrected chi connectivity index (χ2v) is 7.37. The molecule has 1 heterocycles. The standard InChI is InChI=1S/C22H28N2O/c1-16(2)20-8-10-21(11-9-20)24-13-12-23(18(4)22(24)25)15-19-7-5-6-17(3)14-19/h5-11,14,16,18H,12-13,15H2,1-4H3/t18-/m0/s1. The van der Waals surface area contributed by atoms with Gasteiger partial charge in [-0.05, 0) is 43.0 Å². The van der Waals surface area contributed by atoms with E-state index in [-0.39, 0.29) is 11.9 Å². The molecule has 3 rings (SSSR count). The van der Waals surface area contributed by atoms with E-state index in [2.05, 4.69) is 74.2 Å². The lowest BCUT2D eigenvalue weighted by Gasteiger charge is -2.39. The topological polar surface area (TPSA) is 23.6 Å². The molecule has 0 spiro atoms. The van der Waals surface area contributed by atoms with Crippen LogP contribution in [-0.2, 0) is 11.3 Å². The van der Waals surface area contributed by atoms with Gasteiger partial charge in [0.15, 0.2) is 0 Å². The molecular weight excluding hydrogens is 308 g/mol. The van der Waals surface area contributed by atoms with Crippen molar-refractivity contribution in [3.8, 4) is 0 Å². The van der Waals surface area contributed by atoms with Gasteiger partial charge in [0.2, 0.25) is 5.91 Å². The first-order valence-corrected chi connectivity index (χ1v) is 9.16. The number of hydrogen-bond donors (Lipinski definition) is 0. The average molecular weight is 336 g/mol. The Bertz CT molecular complexity index is 736. The van der Waals surface area contributed by atoms with Crippen LogP contribution in [0, 0.1) is 6.92 Å². The number of amides is 1. The fourth-order valence-electron chi connectivity index (χ4n) is 3.47. The van der Waals surface area contributed by atoms with Gasteiger partial charge in [-0.15, -0.1) is 0 Å². The molecule has 25 heavy (non-hydrogen) atoms. The molecule has 3 heteroatoms. The van der Waals surface area contributed by atoms with Gasteiger partial charge in [-0.2, -0.15) is 0 Å². The minimum absolute atomic E-state index is 0.0981. The molecule has 132 valence electrons. The third-order valence-electron chi connectivity index (χ3n) is 5.12. The van der Waals surface area contributed by atoms with Gasteiger partial charge in [-0.25, -0.2) is 0 Å². The molecule has 1 amide bonds. The fourth-order valence-corrected chi connectivity index (χ4v) is 3.47. The number of carbonyl (C=O) groups excluding carboxylic acids is 1. The van der Waals surface area contributed by atoms with Crippen LogP contribution in [-0.4, -0.2) is 29.9 Å². The Labute approximate surface area is 151 Å². The average Bonchev–Trinajstić information content (AvgIpc) is 2.59. The summed E-state index contributed by atoms with van der Waals surface area (Å²) in [6.45, 7) is 11.0. The van der Waals surface area contributed by atoms with Gasteiger partial charge in [0.05, 0.1) is 6.04 Å². The van der Waals surface area contributed by atoms with Crippen LogP contribution in [0.2, 0.25) is 0 Å². The number of aryl methyl sites for hydroxylation is 1. The molecule has 0 aromatic heterocycles. The SMILES string of the molecule is Cc1cccc(CN2CCN(c3ccc(C(C)C)cc3)C(=O)[C@@H]2C)c1. The number of hydrogen-bond acceptors (Lipinski definition) is 2. The zero-order chi connectivity index (χ0) is 18.0. The maximum atomic E-state index is 12.9. The molecule has 1 aliphatic rings. The van der Waals surface area contributed by atoms with Gasteiger partial charge >= 0.3 is 0 Å². The Morgan fingerprint density at radius 1 is 1.08 bits per heavy atom. The Balaban J connectivity index is 1.70. The summed E-state index contributed by atoms with van der Waals surface area (Å²) < 4.78 is 0. The molecule has 1 aliphatic heterocycles. The van der Waals surface area contributed by atoms with E-state index in [1.54, 1.807) is 0 Å². The van der Waals surface area contributed by atoms with Crippen molar-refractivity contribution in [2.24, 2.45) is 0 Å². The van der Waals surface area contributed by atoms with Gasteiger partial charge in [-0.1, -0.05) is 55.8 Å². The lowest BCUT2D eigenvalue weighted by molar-refractivity contribution is -0.125. The predicted molar refractivity (Wildman–Crippen MR) is 104 cm³/mol. The van der Waals surface area contributed by atoms with Gasteiger partial charge in [-0.3, -0.25) is 9.69 Å². The zero-order valence-electron chi connectivity index (χ0n) is 15.7. The van der Waals surface area contributed by atoms with Crippen molar-refractivity contribution in [3.05, 3.63) is 65.2 Å². The molecular formula is C22H28N2O. The lowest BCUT2D eigenvalue weighted by atomic mass is 10.0. The Hall–Kier alpha value is -2.13. The number of anilines is 1. The fraction of sp³-hybridized carbons (Fsp3) is 0.409. The van der Waals surface area contributed by atoms with Gasteiger partial charge in [0.25, 0.3) is 0 Å². The van der Waals surface area contributed by atoms with Crippen LogP contribution in [0.15, 0.2) is 48.5 Å². The molecule has 0 bridgehead atoms. The predicted octanol–water partition coefficient (Wildman–Crippen LogP) is 4.36. The lowest BCUT2D eigenvalue weighted by Crippen LogP contribution is -2.55. The Morgan fingerprint density at radius 3 is 2.44 bits per heavy atom. The van der Waals surface area contributed by atoms with Crippen LogP contribution in [0.3, 0.4) is 0 Å². The number of piperazine rings is 1. The van der Waals surface area contributed by atoms with E-state index in [4.69, 9.17) is 0 Å². The van der Waals surface area contributed by atoms with Crippen molar-refractivity contribution in [3.63, 3.8) is 0 Å². The molecule has 0 unspecified atom stereocenters. The number of benzene rings is 2. The number of rotatable bonds is 4. The first-order valence-electron chi connectivity index (χ1n) is 9.16. The van der Waals surface area contributed by atoms with E-state index in [0.29, 0.717) is 5.92 Å². The zero-order valence-corrected chi connectivity index (χ0v) is 15.7. The highest BCUT2D eigenvalue weighted by Crippen LogP contribution is 2.24. The van der Waals surface area contributed by atoms with Crippen LogP contribution in [0.5, 0.6) is 0 Å². The van der Waals surface area contributed by atoms with Gasteiger partial charge in [0.1, 0.15) is 0 Å². The number of carbonyl (C=O) groups is 1. The highest BCUT2D eigenvalue weighted by Gasteiger charge is 2.32. The van der Waals surface area contributed by atoms with Crippen LogP contribution in [0.25, 0.3) is 0 Å². The van der Waals surface area contributed by atoms with Crippen molar-refractivity contribution in [1.29, 1.82) is 0 Å². The summed E-state index contributed by atoms with van der Waals surface area (Å²) in [5.41, 5.74) is 4.86. The highest BCUT2D eigenvalue weighted by molar-refractivity contribution is 5.97. The Kier molecular flexibility index (Phi) is 5.24. The summed E-state index contributed by atoms with van der Waals surface area (Å²) in [5, 5.41) is 0. The second-order valence-electron chi connectivity index (χ2n) is 7.37. The quantitative estimate of drug-likeness (QED) is 0.828. The first-order chi connectivity index (χ1) is 12.0. The van der Waals surface area contributed by atoms with Crippen LogP contribution < -0.4 is 4.90 Å². The smallest absolute Gasteiger partial charge is 0.244 e. The maximum absolute atomic E-state index is 12.9. The van der Waals surface area contributed by atoms with E-state index < -0.39 is 0 Å². The van der Waals surface area contributed by atoms with Crippen molar-refractivity contribution in [2.75, 3.05) is 18.0 Å². The summed E-state index contributed by atoms with van der Waals surface area (Å²) >= 11 is 0. The molecule has 2 aromatic carbocycles. The highest BCUT2D eigenvalue weighted by atomic mass is 16.2. The van der Waals surface area contributed by atoms with Crippen molar-refractivity contribution in [2.45, 2.75) is 46.2 Å². The van der Waals surface area contributed by atoms with E-state index in [1.165, 1.54) is 16.7 Å². The third kappa shape index (κ3) is 3.93. The van der Waals surface area contributed by atoms with Crippen LogP contribution in [0.1, 0.15) is 43.4 Å². The molecule has 0 radical (unpaired) electrons. The molecule has 1 saturated heterocycles. The summed E-state index contributed by atoms with van der Waals surface area (Å²) in [6.07, 6.45) is 0. The largest absolute Gasteiger partial charge is 0.310 e. The Morgan fingerprint density at radius 2 is 1.80 bits per heavy atom. The van der Waals surface area contributed by atoms with E-state index >= 15 is 0 Å². The number of nitrogens with zero attached hydrogens (tertiary/aromatic N) is 2. The van der Waals surface area contributed by atoms with Crippen LogP contribution >= 0.6 is 0 Å². The normalized spacial score (nSPS) is 18.8. The molecule has 1 atom stereocenters. The monoisotopic (exact) mass is 336 g/mol. The first kappa shape index (κ1) is 17.7. The summed E-state index contributed by atoms with van der Waals surface area (Å²) in [5.74, 6) is 0.700. The van der Waals surface area contributed by atoms with E-state index in [9.17, 15) is 4.79 Å². The van der Waals surface area contributed by atoms with Crippen LogP contribution in [0.4, 0.5) is 5.69 Å². The van der Waals surface area contributed by atoms with Crippen molar-refractivity contribution < 1.29 is 4.79 Å². The van der Waals surface area contributed by atoms with E-state index in [0.717, 1.165) is 25.3 Å². The molecule has 0 aliphatic carbocycles. The third-order valence-corrected chi connectivity index (χ3v) is 5.12. The van der Waals surface area contributed by atoms with Crippen molar-refractivity contribution >= 4 is 11.6 Å². The molecule has 1 fully saturated rings. The molecule has 2 aromatic rings.